The number of nitrogens with one attached hydrogen (secondary N) is 2. The third-order valence-electron chi connectivity index (χ3n) is 3.19. The molecule has 1 aromatic heterocycles. The maximum atomic E-state index is 12.0. The molecule has 0 aromatic carbocycles. The van der Waals surface area contributed by atoms with Gasteiger partial charge in [-0.05, 0) is 39.5 Å². The Balaban J connectivity index is 2.20. The molecule has 0 bridgehead atoms. The number of amides is 1. The summed E-state index contributed by atoms with van der Waals surface area (Å²) in [6.45, 7) is 3.93. The van der Waals surface area contributed by atoms with E-state index in [1.165, 1.54) is 25.0 Å². The number of aromatic nitrogens is 2. The molecule has 1 heterocycles. The topological polar surface area (TPSA) is 57.8 Å². The average Bonchev–Trinajstić information content (AvgIpc) is 2.59. The van der Waals surface area contributed by atoms with Crippen LogP contribution in [0.3, 0.4) is 0 Å². The van der Waals surface area contributed by atoms with Gasteiger partial charge < -0.3 is 5.32 Å². The van der Waals surface area contributed by atoms with E-state index in [-0.39, 0.29) is 11.9 Å². The normalized spacial score (nSPS) is 16.2. The summed E-state index contributed by atoms with van der Waals surface area (Å²) in [5, 5.41) is 10.1. The molecule has 0 unspecified atom stereocenters. The largest absolute Gasteiger partial charge is 0.348 e. The minimum Gasteiger partial charge on any atom is -0.348 e. The molecule has 0 aliphatic heterocycles. The van der Waals surface area contributed by atoms with E-state index in [4.69, 9.17) is 0 Å². The summed E-state index contributed by atoms with van der Waals surface area (Å²) >= 11 is 0. The summed E-state index contributed by atoms with van der Waals surface area (Å²) in [7, 11) is 0. The van der Waals surface area contributed by atoms with Gasteiger partial charge in [0.1, 0.15) is 0 Å². The summed E-state index contributed by atoms with van der Waals surface area (Å²) in [5.74, 6) is -0.0435. The summed E-state index contributed by atoms with van der Waals surface area (Å²) < 4.78 is 0. The molecule has 94 valence electrons. The van der Waals surface area contributed by atoms with Gasteiger partial charge in [-0.2, -0.15) is 5.10 Å². The summed E-state index contributed by atoms with van der Waals surface area (Å²) in [5.41, 5.74) is 2.91. The monoisotopic (exact) mass is 235 g/mol. The number of hydrogen-bond acceptors (Lipinski definition) is 2. The molecule has 2 rings (SSSR count). The molecule has 1 aliphatic rings. The molecule has 4 nitrogen and oxygen atoms in total. The van der Waals surface area contributed by atoms with Crippen LogP contribution in [-0.2, 0) is 12.8 Å². The van der Waals surface area contributed by atoms with Gasteiger partial charge in [0, 0.05) is 17.3 Å². The van der Waals surface area contributed by atoms with Crippen LogP contribution >= 0.6 is 0 Å². The van der Waals surface area contributed by atoms with Crippen LogP contribution in [0.1, 0.15) is 61.3 Å². The van der Waals surface area contributed by atoms with Gasteiger partial charge in [0.05, 0.1) is 0 Å². The quantitative estimate of drug-likeness (QED) is 0.825. The Morgan fingerprint density at radius 3 is 2.65 bits per heavy atom. The highest BCUT2D eigenvalue weighted by Gasteiger charge is 2.20. The Morgan fingerprint density at radius 2 is 1.94 bits per heavy atom. The fraction of sp³-hybridized carbons (Fsp3) is 0.692. The zero-order valence-corrected chi connectivity index (χ0v) is 10.7. The van der Waals surface area contributed by atoms with Crippen molar-refractivity contribution in [1.29, 1.82) is 0 Å². The second-order valence-corrected chi connectivity index (χ2v) is 5.07. The molecule has 0 radical (unpaired) electrons. The van der Waals surface area contributed by atoms with Gasteiger partial charge in [-0.25, -0.2) is 0 Å². The molecule has 0 spiro atoms. The van der Waals surface area contributed by atoms with Gasteiger partial charge in [-0.3, -0.25) is 9.89 Å². The zero-order valence-electron chi connectivity index (χ0n) is 10.7. The first-order valence-corrected chi connectivity index (χ1v) is 6.55. The van der Waals surface area contributed by atoms with E-state index in [2.05, 4.69) is 15.5 Å². The predicted molar refractivity (Wildman–Crippen MR) is 67.1 cm³/mol. The molecule has 0 saturated heterocycles. The second-order valence-electron chi connectivity index (χ2n) is 5.07. The number of H-pyrrole nitrogens is 1. The Hall–Kier alpha value is -1.32. The third-order valence-corrected chi connectivity index (χ3v) is 3.19. The smallest absolute Gasteiger partial charge is 0.272 e. The molecule has 1 aliphatic carbocycles. The van der Waals surface area contributed by atoms with Crippen molar-refractivity contribution in [2.75, 3.05) is 0 Å². The van der Waals surface area contributed by atoms with Gasteiger partial charge in [-0.1, -0.05) is 12.8 Å². The van der Waals surface area contributed by atoms with Crippen molar-refractivity contribution in [3.63, 3.8) is 0 Å². The van der Waals surface area contributed by atoms with Crippen molar-refractivity contribution in [2.24, 2.45) is 0 Å². The van der Waals surface area contributed by atoms with Gasteiger partial charge in [0.15, 0.2) is 5.69 Å². The zero-order chi connectivity index (χ0) is 12.3. The van der Waals surface area contributed by atoms with E-state index in [1.807, 2.05) is 13.8 Å². The van der Waals surface area contributed by atoms with Crippen molar-refractivity contribution in [3.05, 3.63) is 17.0 Å². The maximum Gasteiger partial charge on any atom is 0.272 e. The minimum absolute atomic E-state index is 0.0435. The fourth-order valence-corrected chi connectivity index (χ4v) is 2.35. The molecule has 2 N–H and O–H groups in total. The standard InChI is InChI=1S/C13H21N3O/c1-9(2)14-13(17)12-10-7-5-3-4-6-8-11(10)15-16-12/h9H,3-8H2,1-2H3,(H,14,17)(H,15,16). The lowest BCUT2D eigenvalue weighted by Crippen LogP contribution is -2.31. The fourth-order valence-electron chi connectivity index (χ4n) is 2.35. The predicted octanol–water partition coefficient (Wildman–Crippen LogP) is 2.21. The van der Waals surface area contributed by atoms with Crippen molar-refractivity contribution < 1.29 is 4.79 Å². The van der Waals surface area contributed by atoms with Crippen LogP contribution in [-0.4, -0.2) is 22.1 Å². The highest BCUT2D eigenvalue weighted by Crippen LogP contribution is 2.21. The third kappa shape index (κ3) is 2.87. The van der Waals surface area contributed by atoms with Gasteiger partial charge in [0.25, 0.3) is 5.91 Å². The van der Waals surface area contributed by atoms with Gasteiger partial charge in [0.2, 0.25) is 0 Å². The molecule has 1 aromatic rings. The number of nitrogens with zero attached hydrogens (tertiary/aromatic N) is 1. The maximum absolute atomic E-state index is 12.0. The summed E-state index contributed by atoms with van der Waals surface area (Å²) in [6.07, 6.45) is 6.90. The van der Waals surface area contributed by atoms with Crippen molar-refractivity contribution in [3.8, 4) is 0 Å². The number of rotatable bonds is 2. The first-order valence-electron chi connectivity index (χ1n) is 6.55. The van der Waals surface area contributed by atoms with Gasteiger partial charge in [-0.15, -0.1) is 0 Å². The van der Waals surface area contributed by atoms with E-state index >= 15 is 0 Å². The molecule has 1 amide bonds. The van der Waals surface area contributed by atoms with Crippen LogP contribution in [0.5, 0.6) is 0 Å². The number of carbonyl (C=O) groups excluding carboxylic acids is 1. The molecule has 0 saturated carbocycles. The van der Waals surface area contributed by atoms with Crippen molar-refractivity contribution in [1.82, 2.24) is 15.5 Å². The summed E-state index contributed by atoms with van der Waals surface area (Å²) in [6, 6.07) is 0.156. The Bertz CT molecular complexity index is 395. The highest BCUT2D eigenvalue weighted by atomic mass is 16.2. The average molecular weight is 235 g/mol. The van der Waals surface area contributed by atoms with Crippen molar-refractivity contribution >= 4 is 5.91 Å². The van der Waals surface area contributed by atoms with Crippen LogP contribution in [0.4, 0.5) is 0 Å². The van der Waals surface area contributed by atoms with Crippen molar-refractivity contribution in [2.45, 2.75) is 58.4 Å². The number of aromatic amines is 1. The Labute approximate surface area is 102 Å². The lowest BCUT2D eigenvalue weighted by atomic mass is 9.97. The first-order chi connectivity index (χ1) is 8.18. The number of aryl methyl sites for hydroxylation is 1. The van der Waals surface area contributed by atoms with E-state index in [1.54, 1.807) is 0 Å². The minimum atomic E-state index is -0.0435. The summed E-state index contributed by atoms with van der Waals surface area (Å²) in [4.78, 5) is 12.0. The molecule has 4 heteroatoms. The second kappa shape index (κ2) is 5.34. The van der Waals surface area contributed by atoms with Gasteiger partial charge >= 0.3 is 0 Å². The molecule has 0 fully saturated rings. The molecule has 0 atom stereocenters. The van der Waals surface area contributed by atoms with Crippen LogP contribution in [0.2, 0.25) is 0 Å². The van der Waals surface area contributed by atoms with Crippen LogP contribution < -0.4 is 5.32 Å². The Kier molecular flexibility index (Phi) is 3.82. The SMILES string of the molecule is CC(C)NC(=O)c1n[nH]c2c1CCCCCC2. The molecular weight excluding hydrogens is 214 g/mol. The number of carbonyl (C=O) groups is 1. The van der Waals surface area contributed by atoms with Crippen LogP contribution in [0.25, 0.3) is 0 Å². The van der Waals surface area contributed by atoms with E-state index in [9.17, 15) is 4.79 Å². The van der Waals surface area contributed by atoms with Crippen LogP contribution in [0.15, 0.2) is 0 Å². The lowest BCUT2D eigenvalue weighted by Gasteiger charge is -2.11. The van der Waals surface area contributed by atoms with Crippen LogP contribution in [0, 0.1) is 0 Å². The van der Waals surface area contributed by atoms with E-state index in [0.29, 0.717) is 5.69 Å². The van der Waals surface area contributed by atoms with E-state index < -0.39 is 0 Å². The number of fused-ring (bicyclic) bond motifs is 1. The first kappa shape index (κ1) is 12.1. The molecular formula is C13H21N3O. The number of hydrogen-bond donors (Lipinski definition) is 2. The lowest BCUT2D eigenvalue weighted by molar-refractivity contribution is 0.0937. The Morgan fingerprint density at radius 1 is 1.24 bits per heavy atom. The molecule has 17 heavy (non-hydrogen) atoms. The highest BCUT2D eigenvalue weighted by molar-refractivity contribution is 5.94. The van der Waals surface area contributed by atoms with E-state index in [0.717, 1.165) is 24.8 Å².